The molecular formula is C10H20O2S. The van der Waals surface area contributed by atoms with Gasteiger partial charge in [0.1, 0.15) is 0 Å². The maximum atomic E-state index is 10.8. The Hall–Kier alpha value is -0.180. The van der Waals surface area contributed by atoms with Crippen molar-refractivity contribution in [2.45, 2.75) is 52.4 Å². The molecule has 2 nitrogen and oxygen atoms in total. The van der Waals surface area contributed by atoms with Gasteiger partial charge in [0, 0.05) is 19.3 Å². The summed E-state index contributed by atoms with van der Waals surface area (Å²) in [6.45, 7) is 4.36. The quantitative estimate of drug-likeness (QED) is 0.508. The molecule has 1 unspecified atom stereocenters. The number of thiol groups is 1. The smallest absolute Gasteiger partial charge is 0.317 e. The Balaban J connectivity index is 3.52. The summed E-state index contributed by atoms with van der Waals surface area (Å²) in [5.74, 6) is 0.464. The number of carbonyl (C=O) groups is 1. The predicted octanol–water partition coefficient (Wildman–Crippen LogP) is 3.37. The van der Waals surface area contributed by atoms with Crippen molar-refractivity contribution in [2.75, 3.05) is 0 Å². The van der Waals surface area contributed by atoms with Crippen molar-refractivity contribution in [3.8, 4) is 0 Å². The lowest BCUT2D eigenvalue weighted by atomic mass is 9.94. The van der Waals surface area contributed by atoms with E-state index in [4.69, 9.17) is 0 Å². The zero-order valence-electron chi connectivity index (χ0n) is 8.58. The Labute approximate surface area is 86.7 Å². The minimum atomic E-state index is -0.210. The molecule has 0 aromatic heterocycles. The second-order valence-electron chi connectivity index (χ2n) is 3.42. The third-order valence-electron chi connectivity index (χ3n) is 2.40. The topological polar surface area (TPSA) is 26.3 Å². The summed E-state index contributed by atoms with van der Waals surface area (Å²) < 4.78 is 4.31. The zero-order valence-corrected chi connectivity index (χ0v) is 9.48. The molecule has 0 spiro atoms. The highest BCUT2D eigenvalue weighted by molar-refractivity contribution is 7.75. The lowest BCUT2D eigenvalue weighted by Crippen LogP contribution is -2.04. The molecule has 1 atom stereocenters. The van der Waals surface area contributed by atoms with Gasteiger partial charge in [-0.15, -0.1) is 0 Å². The van der Waals surface area contributed by atoms with Crippen LogP contribution in [0.5, 0.6) is 0 Å². The van der Waals surface area contributed by atoms with Crippen molar-refractivity contribution < 1.29 is 8.98 Å². The second kappa shape index (κ2) is 8.42. The molecule has 0 fully saturated rings. The Bertz CT molecular complexity index is 137. The van der Waals surface area contributed by atoms with Gasteiger partial charge in [-0.05, 0) is 12.3 Å². The van der Waals surface area contributed by atoms with E-state index in [-0.39, 0.29) is 5.97 Å². The van der Waals surface area contributed by atoms with Crippen molar-refractivity contribution in [3.05, 3.63) is 0 Å². The number of unbranched alkanes of at least 4 members (excludes halogenated alkanes) is 1. The molecule has 0 radical (unpaired) electrons. The molecule has 0 aliphatic heterocycles. The van der Waals surface area contributed by atoms with Gasteiger partial charge in [0.15, 0.2) is 0 Å². The van der Waals surface area contributed by atoms with Crippen LogP contribution in [0.2, 0.25) is 0 Å². The maximum Gasteiger partial charge on any atom is 0.317 e. The van der Waals surface area contributed by atoms with Crippen LogP contribution in [0.4, 0.5) is 0 Å². The molecular weight excluding hydrogens is 184 g/mol. The summed E-state index contributed by atoms with van der Waals surface area (Å²) >= 11 is 3.47. The van der Waals surface area contributed by atoms with Crippen LogP contribution >= 0.6 is 12.9 Å². The van der Waals surface area contributed by atoms with E-state index >= 15 is 0 Å². The van der Waals surface area contributed by atoms with Gasteiger partial charge in [0.2, 0.25) is 0 Å². The first kappa shape index (κ1) is 12.8. The fraction of sp³-hybridized carbons (Fsp3) is 0.900. The third kappa shape index (κ3) is 6.94. The van der Waals surface area contributed by atoms with E-state index in [0.717, 1.165) is 12.8 Å². The number of hydrogen-bond acceptors (Lipinski definition) is 3. The van der Waals surface area contributed by atoms with E-state index in [9.17, 15) is 4.79 Å². The fourth-order valence-electron chi connectivity index (χ4n) is 1.41. The maximum absolute atomic E-state index is 10.8. The van der Waals surface area contributed by atoms with Gasteiger partial charge in [-0.2, -0.15) is 0 Å². The predicted molar refractivity (Wildman–Crippen MR) is 57.6 cm³/mol. The van der Waals surface area contributed by atoms with Crippen LogP contribution in [-0.4, -0.2) is 5.97 Å². The monoisotopic (exact) mass is 204 g/mol. The number of rotatable bonds is 7. The summed E-state index contributed by atoms with van der Waals surface area (Å²) in [4.78, 5) is 10.8. The molecule has 0 aromatic carbocycles. The SMILES string of the molecule is CCCCC(CC)CCC(=O)OS. The van der Waals surface area contributed by atoms with E-state index in [1.165, 1.54) is 19.3 Å². The number of carbonyl (C=O) groups excluding carboxylic acids is 1. The molecule has 0 aliphatic carbocycles. The summed E-state index contributed by atoms with van der Waals surface area (Å²) in [5, 5.41) is 0. The molecule has 0 bridgehead atoms. The lowest BCUT2D eigenvalue weighted by molar-refractivity contribution is -0.133. The standard InChI is InChI=1S/C10H20O2S/c1-3-5-6-9(4-2)7-8-10(11)12-13/h9,13H,3-8H2,1-2H3. The van der Waals surface area contributed by atoms with Gasteiger partial charge in [-0.25, -0.2) is 0 Å². The molecule has 0 heterocycles. The third-order valence-corrected chi connectivity index (χ3v) is 2.61. The molecule has 0 saturated carbocycles. The highest BCUT2D eigenvalue weighted by atomic mass is 32.1. The average Bonchev–Trinajstić information content (AvgIpc) is 2.17. The minimum absolute atomic E-state index is 0.210. The molecule has 13 heavy (non-hydrogen) atoms. The Morgan fingerprint density at radius 1 is 1.38 bits per heavy atom. The van der Waals surface area contributed by atoms with E-state index in [1.807, 2.05) is 0 Å². The van der Waals surface area contributed by atoms with E-state index in [2.05, 4.69) is 30.9 Å². The van der Waals surface area contributed by atoms with Crippen LogP contribution in [0.25, 0.3) is 0 Å². The minimum Gasteiger partial charge on any atom is -0.395 e. The van der Waals surface area contributed by atoms with Crippen LogP contribution in [0.15, 0.2) is 0 Å². The van der Waals surface area contributed by atoms with Gasteiger partial charge < -0.3 is 4.18 Å². The Morgan fingerprint density at radius 2 is 2.08 bits per heavy atom. The summed E-state index contributed by atoms with van der Waals surface area (Å²) in [5.41, 5.74) is 0. The van der Waals surface area contributed by atoms with E-state index in [0.29, 0.717) is 12.3 Å². The van der Waals surface area contributed by atoms with Crippen LogP contribution in [-0.2, 0) is 8.98 Å². The molecule has 0 rings (SSSR count). The van der Waals surface area contributed by atoms with Gasteiger partial charge >= 0.3 is 5.97 Å². The van der Waals surface area contributed by atoms with Crippen LogP contribution in [0.1, 0.15) is 52.4 Å². The van der Waals surface area contributed by atoms with Crippen molar-refractivity contribution >= 4 is 18.9 Å². The molecule has 0 amide bonds. The van der Waals surface area contributed by atoms with E-state index < -0.39 is 0 Å². The highest BCUT2D eigenvalue weighted by Crippen LogP contribution is 2.18. The van der Waals surface area contributed by atoms with Gasteiger partial charge in [0.05, 0.1) is 0 Å². The summed E-state index contributed by atoms with van der Waals surface area (Å²) in [6.07, 6.45) is 6.32. The van der Waals surface area contributed by atoms with Crippen LogP contribution < -0.4 is 0 Å². The Kier molecular flexibility index (Phi) is 8.30. The molecule has 78 valence electrons. The van der Waals surface area contributed by atoms with E-state index in [1.54, 1.807) is 0 Å². The largest absolute Gasteiger partial charge is 0.395 e. The van der Waals surface area contributed by atoms with Crippen molar-refractivity contribution in [1.82, 2.24) is 0 Å². The first-order valence-electron chi connectivity index (χ1n) is 5.08. The summed E-state index contributed by atoms with van der Waals surface area (Å²) in [6, 6.07) is 0. The normalized spacial score (nSPS) is 12.5. The average molecular weight is 204 g/mol. The van der Waals surface area contributed by atoms with Gasteiger partial charge in [0.25, 0.3) is 0 Å². The van der Waals surface area contributed by atoms with Crippen LogP contribution in [0.3, 0.4) is 0 Å². The second-order valence-corrected chi connectivity index (χ2v) is 3.60. The van der Waals surface area contributed by atoms with Crippen LogP contribution in [0, 0.1) is 5.92 Å². The molecule has 0 saturated heterocycles. The molecule has 3 heteroatoms. The fourth-order valence-corrected chi connectivity index (χ4v) is 1.50. The molecule has 0 N–H and O–H groups in total. The first-order chi connectivity index (χ1) is 6.24. The Morgan fingerprint density at radius 3 is 2.54 bits per heavy atom. The number of hydrogen-bond donors (Lipinski definition) is 1. The molecule has 0 aliphatic rings. The molecule has 0 aromatic rings. The lowest BCUT2D eigenvalue weighted by Gasteiger charge is -2.12. The van der Waals surface area contributed by atoms with Crippen molar-refractivity contribution in [2.24, 2.45) is 5.92 Å². The first-order valence-corrected chi connectivity index (χ1v) is 5.45. The highest BCUT2D eigenvalue weighted by Gasteiger charge is 2.09. The van der Waals surface area contributed by atoms with Gasteiger partial charge in [-0.3, -0.25) is 4.79 Å². The zero-order chi connectivity index (χ0) is 10.1. The van der Waals surface area contributed by atoms with Crippen molar-refractivity contribution in [3.63, 3.8) is 0 Å². The summed E-state index contributed by atoms with van der Waals surface area (Å²) in [7, 11) is 0. The van der Waals surface area contributed by atoms with Crippen molar-refractivity contribution in [1.29, 1.82) is 0 Å². The van der Waals surface area contributed by atoms with Gasteiger partial charge in [-0.1, -0.05) is 39.5 Å².